The van der Waals surface area contributed by atoms with E-state index in [4.69, 9.17) is 4.74 Å². The fourth-order valence-electron chi connectivity index (χ4n) is 9.86. The quantitative estimate of drug-likeness (QED) is 0.0307. The highest BCUT2D eigenvalue weighted by atomic mass is 32.2. The molecule has 0 bridgehead atoms. The summed E-state index contributed by atoms with van der Waals surface area (Å²) in [6.07, 6.45) is 1.22. The number of aliphatic hydroxyl groups excluding tert-OH is 1. The Morgan fingerprint density at radius 2 is 0.933 bits per heavy atom. The van der Waals surface area contributed by atoms with Crippen LogP contribution < -0.4 is 16.0 Å². The van der Waals surface area contributed by atoms with E-state index >= 15 is 0 Å². The maximum absolute atomic E-state index is 14.9. The molecule has 5 atom stereocenters. The lowest BCUT2D eigenvalue weighted by Gasteiger charge is -2.37. The Morgan fingerprint density at radius 3 is 1.36 bits per heavy atom. The number of rotatable bonds is 17. The predicted octanol–water partition coefficient (Wildman–Crippen LogP) is 10.8. The molecule has 384 valence electrons. The van der Waals surface area contributed by atoms with Gasteiger partial charge in [0, 0.05) is 12.2 Å². The third-order valence-electron chi connectivity index (χ3n) is 13.6. The predicted molar refractivity (Wildman–Crippen MR) is 303 cm³/mol. The second-order valence-electron chi connectivity index (χ2n) is 19.1. The topological polar surface area (TPSA) is 134 Å². The Morgan fingerprint density at radius 1 is 0.533 bits per heavy atom. The van der Waals surface area contributed by atoms with E-state index in [1.54, 1.807) is 17.8 Å². The lowest BCUT2D eigenvalue weighted by molar-refractivity contribution is -0.151. The van der Waals surface area contributed by atoms with Crippen molar-refractivity contribution in [1.82, 2.24) is 16.0 Å². The Kier molecular flexibility index (Phi) is 19.0. The Hall–Kier alpha value is -7.18. The second-order valence-corrected chi connectivity index (χ2v) is 21.6. The summed E-state index contributed by atoms with van der Waals surface area (Å²) in [5.74, 6) is -1.94. The van der Waals surface area contributed by atoms with Gasteiger partial charge in [0.25, 0.3) is 0 Å². The van der Waals surface area contributed by atoms with Crippen LogP contribution in [-0.4, -0.2) is 70.6 Å². The minimum Gasteiger partial charge on any atom is -0.457 e. The molecule has 1 fully saturated rings. The minimum atomic E-state index is -1.35. The van der Waals surface area contributed by atoms with Crippen LogP contribution in [0, 0.1) is 5.92 Å². The minimum absolute atomic E-state index is 0.0829. The van der Waals surface area contributed by atoms with Crippen LogP contribution in [0.25, 0.3) is 0 Å². The number of nitrogens with one attached hydrogen (secondary N) is 3. The maximum Gasteiger partial charge on any atom is 0.309 e. The molecule has 11 heteroatoms. The molecule has 1 heterocycles. The molecule has 1 aliphatic rings. The van der Waals surface area contributed by atoms with Gasteiger partial charge in [-0.1, -0.05) is 232 Å². The SMILES string of the molecule is CC(C)[C@H]1NC(=O)[C@@H](CSC(c2ccccc2)(c2ccccc2)c2ccccc2)NC(=O)[C@@H](Cc2ccccc2)NC(=O)C[C@@H](/C=C/CCSC(c2ccccc2)(c2ccccc2)c2ccccc2)OC(=O)C[C@@H]1O. The summed E-state index contributed by atoms with van der Waals surface area (Å²) in [6, 6.07) is 67.7. The number of carbonyl (C=O) groups excluding carboxylic acids is 4. The van der Waals surface area contributed by atoms with Gasteiger partial charge in [-0.15, -0.1) is 23.5 Å². The number of hydrogen-bond donors (Lipinski definition) is 4. The highest BCUT2D eigenvalue weighted by molar-refractivity contribution is 8.00. The van der Waals surface area contributed by atoms with Gasteiger partial charge in [-0.2, -0.15) is 0 Å². The van der Waals surface area contributed by atoms with Gasteiger partial charge in [0.15, 0.2) is 0 Å². The maximum atomic E-state index is 14.9. The lowest BCUT2D eigenvalue weighted by atomic mass is 9.84. The third-order valence-corrected chi connectivity index (χ3v) is 16.8. The van der Waals surface area contributed by atoms with Crippen molar-refractivity contribution in [2.45, 2.75) is 79.4 Å². The van der Waals surface area contributed by atoms with Crippen molar-refractivity contribution in [2.75, 3.05) is 11.5 Å². The molecule has 8 rings (SSSR count). The normalized spacial score (nSPS) is 19.3. The van der Waals surface area contributed by atoms with Crippen molar-refractivity contribution < 1.29 is 29.0 Å². The average Bonchev–Trinajstić information content (AvgIpc) is 3.44. The molecular formula is C64H65N3O6S2. The molecular weight excluding hydrogens is 971 g/mol. The van der Waals surface area contributed by atoms with E-state index < -0.39 is 69.9 Å². The number of allylic oxidation sites excluding steroid dienone is 1. The zero-order valence-electron chi connectivity index (χ0n) is 42.4. The van der Waals surface area contributed by atoms with Crippen LogP contribution in [0.1, 0.15) is 72.1 Å². The standard InChI is InChI=1S/C64H65N3O6S2/c1-46(2)60-57(68)44-59(70)73-54(40-24-25-41-74-63(48-28-12-4-13-29-48,49-30-14-5-15-31-49)50-32-16-6-17-33-50)43-58(69)65-55(42-47-26-10-3-11-27-47)61(71)66-56(62(72)67-60)45-75-64(51-34-18-7-19-35-51,52-36-20-8-21-37-52)53-38-22-9-23-39-53/h3-24,26-40,46,54-57,60,68H,25,41-45H2,1-2H3,(H,65,69)(H,66,71)(H,67,72)/b40-24+/t54-,55-,56-,57+,60-/m1/s1. The molecule has 0 radical (unpaired) electrons. The molecule has 0 aromatic heterocycles. The molecule has 4 N–H and O–H groups in total. The Labute approximate surface area is 450 Å². The summed E-state index contributed by atoms with van der Waals surface area (Å²) in [7, 11) is 0. The zero-order valence-corrected chi connectivity index (χ0v) is 44.0. The highest BCUT2D eigenvalue weighted by Crippen LogP contribution is 2.50. The third kappa shape index (κ3) is 13.6. The molecule has 0 spiro atoms. The van der Waals surface area contributed by atoms with E-state index in [9.17, 15) is 24.3 Å². The van der Waals surface area contributed by atoms with Gasteiger partial charge >= 0.3 is 5.97 Å². The zero-order chi connectivity index (χ0) is 52.5. The average molecular weight is 1040 g/mol. The van der Waals surface area contributed by atoms with E-state index in [1.165, 1.54) is 11.8 Å². The van der Waals surface area contributed by atoms with Crippen molar-refractivity contribution in [3.05, 3.63) is 263 Å². The fourth-order valence-corrected chi connectivity index (χ4v) is 12.9. The van der Waals surface area contributed by atoms with Crippen LogP contribution in [0.4, 0.5) is 0 Å². The van der Waals surface area contributed by atoms with Crippen molar-refractivity contribution in [1.29, 1.82) is 0 Å². The van der Waals surface area contributed by atoms with E-state index in [-0.39, 0.29) is 24.5 Å². The smallest absolute Gasteiger partial charge is 0.309 e. The second kappa shape index (κ2) is 26.3. The number of amides is 3. The Balaban J connectivity index is 1.09. The van der Waals surface area contributed by atoms with Gasteiger partial charge < -0.3 is 25.8 Å². The van der Waals surface area contributed by atoms with E-state index in [0.29, 0.717) is 12.2 Å². The van der Waals surface area contributed by atoms with Crippen molar-refractivity contribution in [2.24, 2.45) is 5.92 Å². The summed E-state index contributed by atoms with van der Waals surface area (Å²) in [5, 5.41) is 20.8. The first-order valence-corrected chi connectivity index (χ1v) is 27.6. The Bertz CT molecular complexity index is 2740. The number of esters is 1. The number of hydrogen-bond acceptors (Lipinski definition) is 8. The van der Waals surface area contributed by atoms with Crippen LogP contribution >= 0.6 is 23.5 Å². The molecule has 0 aliphatic carbocycles. The van der Waals surface area contributed by atoms with Crippen LogP contribution in [0.2, 0.25) is 0 Å². The summed E-state index contributed by atoms with van der Waals surface area (Å²) in [4.78, 5) is 57.9. The first kappa shape index (κ1) is 54.1. The van der Waals surface area contributed by atoms with Crippen molar-refractivity contribution in [3.63, 3.8) is 0 Å². The van der Waals surface area contributed by atoms with E-state index in [1.807, 2.05) is 123 Å². The molecule has 0 unspecified atom stereocenters. The van der Waals surface area contributed by atoms with Crippen LogP contribution in [-0.2, 0) is 39.8 Å². The molecule has 3 amide bonds. The first-order valence-electron chi connectivity index (χ1n) is 25.7. The number of ether oxygens (including phenoxy) is 1. The van der Waals surface area contributed by atoms with Gasteiger partial charge in [0.2, 0.25) is 17.7 Å². The van der Waals surface area contributed by atoms with Crippen molar-refractivity contribution >= 4 is 47.2 Å². The molecule has 0 saturated carbocycles. The molecule has 1 saturated heterocycles. The molecule has 1 aliphatic heterocycles. The molecule has 75 heavy (non-hydrogen) atoms. The first-order chi connectivity index (χ1) is 36.6. The van der Waals surface area contributed by atoms with Crippen LogP contribution in [0.3, 0.4) is 0 Å². The van der Waals surface area contributed by atoms with Gasteiger partial charge in [-0.05, 0) is 63.1 Å². The largest absolute Gasteiger partial charge is 0.457 e. The molecule has 9 nitrogen and oxygen atoms in total. The summed E-state index contributed by atoms with van der Waals surface area (Å²) >= 11 is 3.30. The number of benzene rings is 7. The highest BCUT2D eigenvalue weighted by Gasteiger charge is 2.41. The number of cyclic esters (lactones) is 1. The van der Waals surface area contributed by atoms with E-state index in [2.05, 4.69) is 125 Å². The van der Waals surface area contributed by atoms with Gasteiger partial charge in [-0.25, -0.2) is 0 Å². The van der Waals surface area contributed by atoms with Gasteiger partial charge in [0.05, 0.1) is 34.5 Å². The summed E-state index contributed by atoms with van der Waals surface area (Å²) in [6.45, 7) is 3.71. The number of thioether (sulfide) groups is 2. The molecule has 7 aromatic rings. The molecule has 7 aromatic carbocycles. The number of aliphatic hydroxyl groups is 1. The monoisotopic (exact) mass is 1040 g/mol. The fraction of sp³-hybridized carbons (Fsp3) is 0.250. The van der Waals surface area contributed by atoms with Crippen molar-refractivity contribution in [3.8, 4) is 0 Å². The summed E-state index contributed by atoms with van der Waals surface area (Å²) in [5.41, 5.74) is 7.12. The van der Waals surface area contributed by atoms with E-state index in [0.717, 1.165) is 38.9 Å². The van der Waals surface area contributed by atoms with Gasteiger partial charge in [0.1, 0.15) is 18.2 Å². The summed E-state index contributed by atoms with van der Waals surface area (Å²) < 4.78 is 4.64. The lowest BCUT2D eigenvalue weighted by Crippen LogP contribution is -2.58. The van der Waals surface area contributed by atoms with Gasteiger partial charge in [-0.3, -0.25) is 19.2 Å². The number of carbonyl (C=O) groups is 4. The van der Waals surface area contributed by atoms with Crippen LogP contribution in [0.15, 0.2) is 224 Å². The van der Waals surface area contributed by atoms with Crippen LogP contribution in [0.5, 0.6) is 0 Å².